The van der Waals surface area contributed by atoms with Crippen LogP contribution < -0.4 is 9.47 Å². The summed E-state index contributed by atoms with van der Waals surface area (Å²) in [5.41, 5.74) is 2.71. The molecule has 0 spiro atoms. The lowest BCUT2D eigenvalue weighted by Gasteiger charge is -2.41. The number of hydrogen-bond acceptors (Lipinski definition) is 7. The van der Waals surface area contributed by atoms with Crippen LogP contribution in [0.25, 0.3) is 22.9 Å². The van der Waals surface area contributed by atoms with E-state index in [9.17, 15) is 9.90 Å². The maximum Gasteiger partial charge on any atom is 0.174 e. The first-order valence-corrected chi connectivity index (χ1v) is 10.9. The quantitative estimate of drug-likeness (QED) is 0.483. The Morgan fingerprint density at radius 1 is 1.30 bits per heavy atom. The van der Waals surface area contributed by atoms with Crippen LogP contribution in [0.3, 0.4) is 0 Å². The molecule has 33 heavy (non-hydrogen) atoms. The van der Waals surface area contributed by atoms with Gasteiger partial charge in [0.1, 0.15) is 35.0 Å². The Balaban J connectivity index is 2.29. The Hall–Kier alpha value is -3.32. The van der Waals surface area contributed by atoms with Gasteiger partial charge in [-0.3, -0.25) is 4.79 Å². The summed E-state index contributed by atoms with van der Waals surface area (Å²) in [5, 5.41) is 17.0. The molecule has 1 N–H and O–H groups in total. The van der Waals surface area contributed by atoms with Gasteiger partial charge in [-0.1, -0.05) is 30.3 Å². The molecule has 4 rings (SSSR count). The van der Waals surface area contributed by atoms with Crippen molar-refractivity contribution < 1.29 is 28.6 Å². The Kier molecular flexibility index (Phi) is 5.70. The van der Waals surface area contributed by atoms with Crippen molar-refractivity contribution in [1.29, 1.82) is 0 Å². The van der Waals surface area contributed by atoms with E-state index in [4.69, 9.17) is 18.7 Å². The standard InChI is InChI=1S/C26H29NO6/c1-8-32-15(5)26(29)23-16(9-13(2)3)18(30-6)11-19(31-7)21(23)25-22-20(33-27-25)10-14(4)17(12-28)24(22)26/h9,11-12,14,29H,5,8,10H2,1-4,6-7H3/t14-,26-/m0/s1. The number of benzene rings is 1. The first-order chi connectivity index (χ1) is 15.7. The van der Waals surface area contributed by atoms with Crippen LogP contribution in [0.1, 0.15) is 50.1 Å². The van der Waals surface area contributed by atoms with Gasteiger partial charge in [0.25, 0.3) is 0 Å². The van der Waals surface area contributed by atoms with E-state index in [1.807, 2.05) is 33.8 Å². The fraction of sp³-hybridized carbons (Fsp3) is 0.385. The normalized spacial score (nSPS) is 20.5. The molecular weight excluding hydrogens is 422 g/mol. The van der Waals surface area contributed by atoms with Crippen molar-refractivity contribution in [2.45, 2.75) is 39.7 Å². The highest BCUT2D eigenvalue weighted by Crippen LogP contribution is 2.60. The maximum absolute atomic E-state index is 12.6. The average molecular weight is 452 g/mol. The summed E-state index contributed by atoms with van der Waals surface area (Å²) in [6.45, 7) is 12.0. The van der Waals surface area contributed by atoms with Gasteiger partial charge in [-0.15, -0.1) is 0 Å². The van der Waals surface area contributed by atoms with Gasteiger partial charge in [0.15, 0.2) is 5.60 Å². The lowest BCUT2D eigenvalue weighted by molar-refractivity contribution is -0.105. The Morgan fingerprint density at radius 3 is 2.58 bits per heavy atom. The molecule has 0 amide bonds. The summed E-state index contributed by atoms with van der Waals surface area (Å²) >= 11 is 0. The molecule has 0 aliphatic heterocycles. The molecule has 174 valence electrons. The molecule has 0 saturated heterocycles. The molecule has 1 heterocycles. The molecular formula is C26H29NO6. The molecule has 1 aromatic carbocycles. The zero-order chi connectivity index (χ0) is 24.1. The zero-order valence-electron chi connectivity index (χ0n) is 19.9. The SMILES string of the molecule is C=C(OCC)[C@@]1(O)C2=C(C=O)[C@@H](C)Cc3onc(c32)-c2c(OC)cc(OC)c(C=C(C)C)c21. The number of hydrogen-bond donors (Lipinski definition) is 1. The van der Waals surface area contributed by atoms with Crippen LogP contribution in [0.15, 0.2) is 34.1 Å². The minimum atomic E-state index is -1.87. The topological polar surface area (TPSA) is 91.0 Å². The third-order valence-electron chi connectivity index (χ3n) is 6.30. The highest BCUT2D eigenvalue weighted by molar-refractivity contribution is 6.04. The third kappa shape index (κ3) is 3.14. The number of aromatic nitrogens is 1. The molecule has 0 saturated carbocycles. The van der Waals surface area contributed by atoms with Crippen molar-refractivity contribution >= 4 is 17.9 Å². The molecule has 0 bridgehead atoms. The predicted molar refractivity (Wildman–Crippen MR) is 125 cm³/mol. The van der Waals surface area contributed by atoms with Crippen LogP contribution in [-0.2, 0) is 21.6 Å². The van der Waals surface area contributed by atoms with E-state index >= 15 is 0 Å². The first kappa shape index (κ1) is 22.9. The second-order valence-corrected chi connectivity index (χ2v) is 8.62. The molecule has 2 atom stereocenters. The minimum Gasteiger partial charge on any atom is -0.496 e. The van der Waals surface area contributed by atoms with Crippen LogP contribution in [0, 0.1) is 5.92 Å². The Labute approximate surface area is 193 Å². The average Bonchev–Trinajstić information content (AvgIpc) is 3.19. The van der Waals surface area contributed by atoms with E-state index < -0.39 is 5.60 Å². The third-order valence-corrected chi connectivity index (χ3v) is 6.30. The number of rotatable bonds is 7. The van der Waals surface area contributed by atoms with E-state index in [0.29, 0.717) is 62.8 Å². The molecule has 2 aliphatic carbocycles. The molecule has 0 unspecified atom stereocenters. The summed E-state index contributed by atoms with van der Waals surface area (Å²) in [6.07, 6.45) is 3.21. The number of nitrogens with zero attached hydrogens (tertiary/aromatic N) is 1. The Morgan fingerprint density at radius 2 is 2.00 bits per heavy atom. The van der Waals surface area contributed by atoms with Crippen LogP contribution in [-0.4, -0.2) is 37.4 Å². The minimum absolute atomic E-state index is 0.103. The van der Waals surface area contributed by atoms with Crippen molar-refractivity contribution in [3.05, 3.63) is 52.0 Å². The van der Waals surface area contributed by atoms with Gasteiger partial charge >= 0.3 is 0 Å². The summed E-state index contributed by atoms with van der Waals surface area (Å²) in [4.78, 5) is 12.3. The van der Waals surface area contributed by atoms with Gasteiger partial charge < -0.3 is 23.8 Å². The lowest BCUT2D eigenvalue weighted by atomic mass is 9.65. The van der Waals surface area contributed by atoms with Gasteiger partial charge in [0.05, 0.1) is 32.0 Å². The van der Waals surface area contributed by atoms with Crippen molar-refractivity contribution in [3.63, 3.8) is 0 Å². The molecule has 0 radical (unpaired) electrons. The number of aliphatic hydroxyl groups is 1. The number of carbonyl (C=O) groups is 1. The largest absolute Gasteiger partial charge is 0.496 e. The lowest BCUT2D eigenvalue weighted by Crippen LogP contribution is -2.38. The summed E-state index contributed by atoms with van der Waals surface area (Å²) < 4.78 is 23.0. The van der Waals surface area contributed by atoms with Crippen LogP contribution in [0.5, 0.6) is 11.5 Å². The smallest absolute Gasteiger partial charge is 0.174 e. The van der Waals surface area contributed by atoms with Crippen molar-refractivity contribution in [2.75, 3.05) is 20.8 Å². The summed E-state index contributed by atoms with van der Waals surface area (Å²) in [5.74, 6) is 1.47. The first-order valence-electron chi connectivity index (χ1n) is 10.9. The van der Waals surface area contributed by atoms with Gasteiger partial charge in [-0.05, 0) is 26.7 Å². The van der Waals surface area contributed by atoms with Gasteiger partial charge in [-0.2, -0.15) is 0 Å². The monoisotopic (exact) mass is 451 g/mol. The number of fused-ring (bicyclic) bond motifs is 2. The van der Waals surface area contributed by atoms with Gasteiger partial charge in [-0.25, -0.2) is 0 Å². The van der Waals surface area contributed by atoms with Crippen molar-refractivity contribution in [1.82, 2.24) is 5.16 Å². The Bertz CT molecular complexity index is 1210. The van der Waals surface area contributed by atoms with Crippen LogP contribution in [0.4, 0.5) is 0 Å². The molecule has 2 aliphatic rings. The number of ether oxygens (including phenoxy) is 3. The zero-order valence-corrected chi connectivity index (χ0v) is 19.9. The molecule has 0 fully saturated rings. The van der Waals surface area contributed by atoms with Crippen molar-refractivity contribution in [3.8, 4) is 22.8 Å². The second kappa shape index (κ2) is 8.23. The molecule has 2 aromatic rings. The molecule has 7 nitrogen and oxygen atoms in total. The highest BCUT2D eigenvalue weighted by Gasteiger charge is 2.53. The summed E-state index contributed by atoms with van der Waals surface area (Å²) in [7, 11) is 3.10. The van der Waals surface area contributed by atoms with Crippen molar-refractivity contribution in [2.24, 2.45) is 5.92 Å². The van der Waals surface area contributed by atoms with E-state index in [1.54, 1.807) is 20.3 Å². The van der Waals surface area contributed by atoms with E-state index in [-0.39, 0.29) is 18.3 Å². The number of allylic oxidation sites excluding steroid dienone is 2. The summed E-state index contributed by atoms with van der Waals surface area (Å²) in [6, 6.07) is 1.76. The number of aldehydes is 1. The molecule has 1 aromatic heterocycles. The van der Waals surface area contributed by atoms with E-state index in [0.717, 1.165) is 11.9 Å². The van der Waals surface area contributed by atoms with Crippen LogP contribution in [0.2, 0.25) is 0 Å². The highest BCUT2D eigenvalue weighted by atomic mass is 16.5. The fourth-order valence-electron chi connectivity index (χ4n) is 4.94. The number of carbonyl (C=O) groups excluding carboxylic acids is 1. The predicted octanol–water partition coefficient (Wildman–Crippen LogP) is 4.68. The van der Waals surface area contributed by atoms with Crippen LogP contribution >= 0.6 is 0 Å². The van der Waals surface area contributed by atoms with E-state index in [2.05, 4.69) is 11.7 Å². The maximum atomic E-state index is 12.6. The number of methoxy groups -OCH3 is 2. The van der Waals surface area contributed by atoms with Gasteiger partial charge in [0, 0.05) is 34.8 Å². The fourth-order valence-corrected chi connectivity index (χ4v) is 4.94. The second-order valence-electron chi connectivity index (χ2n) is 8.62. The van der Waals surface area contributed by atoms with E-state index in [1.165, 1.54) is 0 Å². The molecule has 7 heteroatoms. The van der Waals surface area contributed by atoms with Gasteiger partial charge in [0.2, 0.25) is 0 Å².